The molecule has 1 rings (SSSR count). The fourth-order valence-electron chi connectivity index (χ4n) is 0.833. The third kappa shape index (κ3) is 1.37. The second-order valence-corrected chi connectivity index (χ2v) is 2.28. The predicted octanol–water partition coefficient (Wildman–Crippen LogP) is 0.882. The molecule has 1 aromatic heterocycles. The minimum atomic E-state index is -0.557. The third-order valence-electron chi connectivity index (χ3n) is 1.51. The van der Waals surface area contributed by atoms with Crippen LogP contribution in [0.3, 0.4) is 0 Å². The molecule has 0 fully saturated rings. The summed E-state index contributed by atoms with van der Waals surface area (Å²) in [5.41, 5.74) is 0.558. The maximum absolute atomic E-state index is 11.0. The lowest BCUT2D eigenvalue weighted by Crippen LogP contribution is -2.02. The van der Waals surface area contributed by atoms with Crippen LogP contribution in [0.4, 0.5) is 0 Å². The lowest BCUT2D eigenvalue weighted by molar-refractivity contribution is 0.0597. The van der Waals surface area contributed by atoms with E-state index in [1.165, 1.54) is 19.4 Å². The zero-order valence-electron chi connectivity index (χ0n) is 6.87. The number of rotatable bonds is 1. The van der Waals surface area contributed by atoms with E-state index in [0.29, 0.717) is 5.69 Å². The van der Waals surface area contributed by atoms with Crippen LogP contribution in [0.25, 0.3) is 0 Å². The Morgan fingerprint density at radius 3 is 2.92 bits per heavy atom. The lowest BCUT2D eigenvalue weighted by Gasteiger charge is -2.02. The number of ether oxygens (including phenoxy) is 1. The molecule has 0 unspecified atom stereocenters. The summed E-state index contributed by atoms with van der Waals surface area (Å²) < 4.78 is 4.45. The van der Waals surface area contributed by atoms with Crippen LogP contribution < -0.4 is 0 Å². The molecule has 0 aliphatic heterocycles. The Kier molecular flexibility index (Phi) is 2.28. The maximum Gasteiger partial charge on any atom is 0.341 e. The number of hydrogen-bond acceptors (Lipinski definition) is 4. The molecular formula is C8H9NO3. The van der Waals surface area contributed by atoms with E-state index in [9.17, 15) is 9.90 Å². The Labute approximate surface area is 69.8 Å². The normalized spacial score (nSPS) is 9.50. The van der Waals surface area contributed by atoms with Crippen molar-refractivity contribution in [2.75, 3.05) is 7.11 Å². The summed E-state index contributed by atoms with van der Waals surface area (Å²) >= 11 is 0. The number of hydrogen-bond donors (Lipinski definition) is 1. The molecule has 64 valence electrons. The van der Waals surface area contributed by atoms with E-state index in [2.05, 4.69) is 9.72 Å². The molecule has 0 saturated heterocycles. The van der Waals surface area contributed by atoms with Crippen molar-refractivity contribution in [2.45, 2.75) is 6.92 Å². The van der Waals surface area contributed by atoms with Crippen LogP contribution in [0.1, 0.15) is 16.1 Å². The van der Waals surface area contributed by atoms with Gasteiger partial charge in [0.15, 0.2) is 5.75 Å². The number of nitrogens with zero attached hydrogens (tertiary/aromatic N) is 1. The summed E-state index contributed by atoms with van der Waals surface area (Å²) in [6.07, 6.45) is 1.45. The molecule has 0 aromatic carbocycles. The van der Waals surface area contributed by atoms with Gasteiger partial charge in [-0.05, 0) is 13.0 Å². The SMILES string of the molecule is COC(=O)c1ccnc(C)c1O. The highest BCUT2D eigenvalue weighted by Crippen LogP contribution is 2.19. The van der Waals surface area contributed by atoms with Crippen LogP contribution in [-0.4, -0.2) is 23.2 Å². The molecule has 0 atom stereocenters. The molecule has 0 aliphatic rings. The Morgan fingerprint density at radius 2 is 2.33 bits per heavy atom. The minimum absolute atomic E-state index is 0.121. The Hall–Kier alpha value is -1.58. The van der Waals surface area contributed by atoms with Gasteiger partial charge in [0.05, 0.1) is 12.8 Å². The quantitative estimate of drug-likeness (QED) is 0.631. The van der Waals surface area contributed by atoms with E-state index in [1.807, 2.05) is 0 Å². The number of aromatic hydroxyl groups is 1. The fraction of sp³-hybridized carbons (Fsp3) is 0.250. The number of carbonyl (C=O) groups is 1. The molecule has 1 N–H and O–H groups in total. The molecule has 0 aliphatic carbocycles. The van der Waals surface area contributed by atoms with Crippen molar-refractivity contribution in [2.24, 2.45) is 0 Å². The summed E-state index contributed by atoms with van der Waals surface area (Å²) in [4.78, 5) is 14.8. The first-order valence-electron chi connectivity index (χ1n) is 3.39. The Morgan fingerprint density at radius 1 is 1.67 bits per heavy atom. The van der Waals surface area contributed by atoms with Gasteiger partial charge < -0.3 is 9.84 Å². The first-order chi connectivity index (χ1) is 5.66. The molecule has 0 spiro atoms. The van der Waals surface area contributed by atoms with Gasteiger partial charge in [-0.15, -0.1) is 0 Å². The number of carbonyl (C=O) groups excluding carboxylic acids is 1. The van der Waals surface area contributed by atoms with Crippen LogP contribution in [0.2, 0.25) is 0 Å². The van der Waals surface area contributed by atoms with Crippen molar-refractivity contribution in [3.05, 3.63) is 23.5 Å². The standard InChI is InChI=1S/C8H9NO3/c1-5-7(10)6(3-4-9-5)8(11)12-2/h3-4,10H,1-2H3. The monoisotopic (exact) mass is 167 g/mol. The van der Waals surface area contributed by atoms with Crippen molar-refractivity contribution in [3.63, 3.8) is 0 Å². The van der Waals surface area contributed by atoms with Gasteiger partial charge in [-0.1, -0.05) is 0 Å². The van der Waals surface area contributed by atoms with Crippen molar-refractivity contribution in [1.82, 2.24) is 4.98 Å². The summed E-state index contributed by atoms with van der Waals surface area (Å²) in [5, 5.41) is 9.34. The van der Waals surface area contributed by atoms with E-state index >= 15 is 0 Å². The third-order valence-corrected chi connectivity index (χ3v) is 1.51. The zero-order valence-corrected chi connectivity index (χ0v) is 6.87. The highest BCUT2D eigenvalue weighted by Gasteiger charge is 2.12. The van der Waals surface area contributed by atoms with Crippen LogP contribution >= 0.6 is 0 Å². The maximum atomic E-state index is 11.0. The van der Waals surface area contributed by atoms with E-state index in [-0.39, 0.29) is 11.3 Å². The predicted molar refractivity (Wildman–Crippen MR) is 42.0 cm³/mol. The highest BCUT2D eigenvalue weighted by molar-refractivity contribution is 5.92. The van der Waals surface area contributed by atoms with E-state index in [0.717, 1.165) is 0 Å². The lowest BCUT2D eigenvalue weighted by atomic mass is 10.2. The number of pyridine rings is 1. The van der Waals surface area contributed by atoms with Crippen molar-refractivity contribution in [1.29, 1.82) is 0 Å². The summed E-state index contributed by atoms with van der Waals surface area (Å²) in [5.74, 6) is -0.678. The zero-order chi connectivity index (χ0) is 9.14. The average Bonchev–Trinajstić information content (AvgIpc) is 2.08. The van der Waals surface area contributed by atoms with Gasteiger partial charge in [-0.2, -0.15) is 0 Å². The smallest absolute Gasteiger partial charge is 0.341 e. The first kappa shape index (κ1) is 8.52. The number of aromatic nitrogens is 1. The number of methoxy groups -OCH3 is 1. The van der Waals surface area contributed by atoms with Gasteiger partial charge in [-0.3, -0.25) is 4.98 Å². The molecule has 0 amide bonds. The molecule has 1 aromatic rings. The fourth-order valence-corrected chi connectivity index (χ4v) is 0.833. The van der Waals surface area contributed by atoms with Crippen LogP contribution in [0.15, 0.2) is 12.3 Å². The first-order valence-corrected chi connectivity index (χ1v) is 3.39. The molecule has 1 heterocycles. The van der Waals surface area contributed by atoms with Crippen molar-refractivity contribution < 1.29 is 14.6 Å². The molecule has 4 nitrogen and oxygen atoms in total. The van der Waals surface area contributed by atoms with Crippen LogP contribution in [0, 0.1) is 6.92 Å². The van der Waals surface area contributed by atoms with Crippen molar-refractivity contribution >= 4 is 5.97 Å². The number of esters is 1. The van der Waals surface area contributed by atoms with E-state index in [1.54, 1.807) is 6.92 Å². The molecule has 0 radical (unpaired) electrons. The summed E-state index contributed by atoms with van der Waals surface area (Å²) in [6.45, 7) is 1.61. The highest BCUT2D eigenvalue weighted by atomic mass is 16.5. The Balaban J connectivity index is 3.16. The van der Waals surface area contributed by atoms with Crippen LogP contribution in [-0.2, 0) is 4.74 Å². The Bertz CT molecular complexity index is 309. The summed E-state index contributed by atoms with van der Waals surface area (Å²) in [7, 11) is 1.26. The van der Waals surface area contributed by atoms with Crippen LogP contribution in [0.5, 0.6) is 5.75 Å². The largest absolute Gasteiger partial charge is 0.505 e. The topological polar surface area (TPSA) is 59.4 Å². The van der Waals surface area contributed by atoms with E-state index in [4.69, 9.17) is 0 Å². The molecular weight excluding hydrogens is 158 g/mol. The summed E-state index contributed by atoms with van der Waals surface area (Å²) in [6, 6.07) is 1.41. The van der Waals surface area contributed by atoms with Gasteiger partial charge in [-0.25, -0.2) is 4.79 Å². The van der Waals surface area contributed by atoms with Gasteiger partial charge >= 0.3 is 5.97 Å². The second-order valence-electron chi connectivity index (χ2n) is 2.28. The van der Waals surface area contributed by atoms with Gasteiger partial charge in [0.25, 0.3) is 0 Å². The molecule has 0 bridgehead atoms. The van der Waals surface area contributed by atoms with Gasteiger partial charge in [0.2, 0.25) is 0 Å². The molecule has 4 heteroatoms. The van der Waals surface area contributed by atoms with Gasteiger partial charge in [0.1, 0.15) is 5.56 Å². The van der Waals surface area contributed by atoms with Gasteiger partial charge in [0, 0.05) is 6.20 Å². The minimum Gasteiger partial charge on any atom is -0.505 e. The molecule has 12 heavy (non-hydrogen) atoms. The molecule has 0 saturated carbocycles. The number of aryl methyl sites for hydroxylation is 1. The van der Waals surface area contributed by atoms with E-state index < -0.39 is 5.97 Å². The van der Waals surface area contributed by atoms with Crippen molar-refractivity contribution in [3.8, 4) is 5.75 Å². The average molecular weight is 167 g/mol. The second kappa shape index (κ2) is 3.21.